The summed E-state index contributed by atoms with van der Waals surface area (Å²) in [4.78, 5) is 15.9. The van der Waals surface area contributed by atoms with Crippen LogP contribution in [0.25, 0.3) is 116 Å². The SMILES string of the molecule is c1ccc(-c2cccc3cccc(-c4cccc(-c5nc(-c6ccc(-n7c8ccccc8c8ccccc87)cc6)nc(-c6cc7ccccc7c7ccccc67)n5)c4)c23)cc1. The van der Waals surface area contributed by atoms with Crippen LogP contribution in [-0.4, -0.2) is 19.5 Å². The average Bonchev–Trinajstić information content (AvgIpc) is 3.68. The first-order chi connectivity index (χ1) is 30.2. The highest BCUT2D eigenvalue weighted by atomic mass is 15.0. The second kappa shape index (κ2) is 14.3. The number of hydrogen-bond acceptors (Lipinski definition) is 3. The Morgan fingerprint density at radius 1 is 0.279 bits per heavy atom. The summed E-state index contributed by atoms with van der Waals surface area (Å²) in [6.45, 7) is 0. The van der Waals surface area contributed by atoms with Gasteiger partial charge >= 0.3 is 0 Å². The van der Waals surface area contributed by atoms with Crippen LogP contribution >= 0.6 is 0 Å². The fourth-order valence-electron chi connectivity index (χ4n) is 9.22. The minimum atomic E-state index is 0.618. The first-order valence-electron chi connectivity index (χ1n) is 20.7. The van der Waals surface area contributed by atoms with Crippen molar-refractivity contribution < 1.29 is 0 Å². The van der Waals surface area contributed by atoms with Gasteiger partial charge in [0.15, 0.2) is 17.5 Å². The first-order valence-corrected chi connectivity index (χ1v) is 20.7. The maximum atomic E-state index is 5.32. The van der Waals surface area contributed by atoms with E-state index in [4.69, 9.17) is 15.0 Å². The topological polar surface area (TPSA) is 43.6 Å². The Morgan fingerprint density at radius 3 is 1.51 bits per heavy atom. The van der Waals surface area contributed by atoms with Gasteiger partial charge in [0.2, 0.25) is 0 Å². The van der Waals surface area contributed by atoms with E-state index in [9.17, 15) is 0 Å². The lowest BCUT2D eigenvalue weighted by Gasteiger charge is -2.14. The molecule has 2 heterocycles. The molecule has 12 rings (SSSR count). The number of nitrogens with zero attached hydrogens (tertiary/aromatic N) is 4. The first kappa shape index (κ1) is 34.8. The zero-order valence-electron chi connectivity index (χ0n) is 33.1. The molecule has 4 nitrogen and oxygen atoms in total. The standard InChI is InChI=1S/C57H36N4/c1-2-15-37(16-3-1)45-27-13-18-38-19-14-28-46(54(38)45)40-20-12-21-42(35-40)56-58-55(59-57(60-56)51-36-41-17-4-5-22-44(41)47-23-6-7-24-48(47)51)39-31-33-43(34-32-39)61-52-29-10-8-25-49(52)50-26-9-11-30-53(50)61/h1-36H. The lowest BCUT2D eigenvalue weighted by molar-refractivity contribution is 1.08. The molecule has 0 radical (unpaired) electrons. The Labute approximate surface area is 352 Å². The van der Waals surface area contributed by atoms with Crippen molar-refractivity contribution in [2.24, 2.45) is 0 Å². The Kier molecular flexibility index (Phi) is 8.13. The average molecular weight is 777 g/mol. The number of fused-ring (bicyclic) bond motifs is 7. The zero-order valence-corrected chi connectivity index (χ0v) is 33.1. The number of hydrogen-bond donors (Lipinski definition) is 0. The normalized spacial score (nSPS) is 11.6. The molecular weight excluding hydrogens is 741 g/mol. The molecule has 4 heteroatoms. The number of rotatable bonds is 6. The smallest absolute Gasteiger partial charge is 0.164 e. The molecule has 12 aromatic rings. The number of aromatic nitrogens is 4. The van der Waals surface area contributed by atoms with Gasteiger partial charge in [-0.15, -0.1) is 0 Å². The molecule has 2 aromatic heterocycles. The lowest BCUT2D eigenvalue weighted by Crippen LogP contribution is -2.01. The van der Waals surface area contributed by atoms with Crippen molar-refractivity contribution in [2.75, 3.05) is 0 Å². The molecule has 0 saturated carbocycles. The van der Waals surface area contributed by atoms with E-state index in [1.165, 1.54) is 54.5 Å². The Hall–Kier alpha value is -8.21. The Bertz CT molecular complexity index is 3580. The van der Waals surface area contributed by atoms with Crippen molar-refractivity contribution in [1.82, 2.24) is 19.5 Å². The van der Waals surface area contributed by atoms with Crippen molar-refractivity contribution in [2.45, 2.75) is 0 Å². The van der Waals surface area contributed by atoms with Crippen LogP contribution in [0.1, 0.15) is 0 Å². The van der Waals surface area contributed by atoms with Crippen LogP contribution in [0.4, 0.5) is 0 Å². The van der Waals surface area contributed by atoms with E-state index in [1.807, 2.05) is 0 Å². The predicted octanol–water partition coefficient (Wildman–Crippen LogP) is 14.8. The van der Waals surface area contributed by atoms with Gasteiger partial charge in [0, 0.05) is 33.2 Å². The summed E-state index contributed by atoms with van der Waals surface area (Å²) < 4.78 is 2.34. The summed E-state index contributed by atoms with van der Waals surface area (Å²) in [6.07, 6.45) is 0. The molecule has 0 fully saturated rings. The van der Waals surface area contributed by atoms with Gasteiger partial charge in [-0.25, -0.2) is 15.0 Å². The molecule has 0 aliphatic rings. The molecule has 0 atom stereocenters. The van der Waals surface area contributed by atoms with Crippen molar-refractivity contribution in [1.29, 1.82) is 0 Å². The van der Waals surface area contributed by atoms with Gasteiger partial charge in [-0.2, -0.15) is 0 Å². The van der Waals surface area contributed by atoms with Crippen molar-refractivity contribution >= 4 is 54.1 Å². The summed E-state index contributed by atoms with van der Waals surface area (Å²) >= 11 is 0. The minimum Gasteiger partial charge on any atom is -0.309 e. The second-order valence-corrected chi connectivity index (χ2v) is 15.6. The quantitative estimate of drug-likeness (QED) is 0.158. The molecule has 0 amide bonds. The molecule has 0 N–H and O–H groups in total. The number of para-hydroxylation sites is 2. The molecule has 0 aliphatic carbocycles. The van der Waals surface area contributed by atoms with E-state index < -0.39 is 0 Å². The number of benzene rings is 10. The maximum absolute atomic E-state index is 5.32. The second-order valence-electron chi connectivity index (χ2n) is 15.6. The van der Waals surface area contributed by atoms with Crippen molar-refractivity contribution in [3.8, 4) is 62.1 Å². The molecule has 0 bridgehead atoms. The summed E-state index contributed by atoms with van der Waals surface area (Å²) in [6, 6.07) is 77.5. The van der Waals surface area contributed by atoms with Gasteiger partial charge in [-0.3, -0.25) is 0 Å². The highest BCUT2D eigenvalue weighted by Crippen LogP contribution is 2.39. The van der Waals surface area contributed by atoms with Crippen LogP contribution in [0.5, 0.6) is 0 Å². The van der Waals surface area contributed by atoms with Crippen LogP contribution in [0, 0.1) is 0 Å². The Balaban J connectivity index is 1.05. The monoisotopic (exact) mass is 776 g/mol. The fourth-order valence-corrected chi connectivity index (χ4v) is 9.22. The van der Waals surface area contributed by atoms with E-state index in [2.05, 4.69) is 223 Å². The van der Waals surface area contributed by atoms with E-state index in [0.717, 1.165) is 44.3 Å². The van der Waals surface area contributed by atoms with Crippen molar-refractivity contribution in [3.63, 3.8) is 0 Å². The Morgan fingerprint density at radius 2 is 0.787 bits per heavy atom. The summed E-state index contributed by atoms with van der Waals surface area (Å²) in [5, 5.41) is 9.50. The fraction of sp³-hybridized carbons (Fsp3) is 0. The van der Waals surface area contributed by atoms with Gasteiger partial charge in [-0.1, -0.05) is 170 Å². The predicted molar refractivity (Wildman–Crippen MR) is 254 cm³/mol. The van der Waals surface area contributed by atoms with Crippen LogP contribution in [0.15, 0.2) is 218 Å². The molecule has 10 aromatic carbocycles. The van der Waals surface area contributed by atoms with Crippen LogP contribution in [-0.2, 0) is 0 Å². The third-order valence-corrected chi connectivity index (χ3v) is 12.0. The minimum absolute atomic E-state index is 0.618. The maximum Gasteiger partial charge on any atom is 0.164 e. The van der Waals surface area contributed by atoms with E-state index in [1.54, 1.807) is 0 Å². The summed E-state index contributed by atoms with van der Waals surface area (Å²) in [7, 11) is 0. The van der Waals surface area contributed by atoms with E-state index in [0.29, 0.717) is 17.5 Å². The third kappa shape index (κ3) is 5.88. The van der Waals surface area contributed by atoms with Gasteiger partial charge in [0.1, 0.15) is 0 Å². The summed E-state index contributed by atoms with van der Waals surface area (Å²) in [5.41, 5.74) is 10.9. The molecule has 61 heavy (non-hydrogen) atoms. The molecule has 0 unspecified atom stereocenters. The van der Waals surface area contributed by atoms with Gasteiger partial charge in [0.05, 0.1) is 11.0 Å². The van der Waals surface area contributed by atoms with E-state index in [-0.39, 0.29) is 0 Å². The van der Waals surface area contributed by atoms with Crippen LogP contribution in [0.2, 0.25) is 0 Å². The molecular formula is C57H36N4. The highest BCUT2D eigenvalue weighted by Gasteiger charge is 2.18. The molecule has 0 saturated heterocycles. The highest BCUT2D eigenvalue weighted by molar-refractivity contribution is 6.13. The molecule has 0 aliphatic heterocycles. The third-order valence-electron chi connectivity index (χ3n) is 12.0. The summed E-state index contributed by atoms with van der Waals surface area (Å²) in [5.74, 6) is 1.87. The van der Waals surface area contributed by atoms with Crippen molar-refractivity contribution in [3.05, 3.63) is 218 Å². The van der Waals surface area contributed by atoms with Gasteiger partial charge < -0.3 is 4.57 Å². The molecule has 284 valence electrons. The lowest BCUT2D eigenvalue weighted by atomic mass is 9.91. The van der Waals surface area contributed by atoms with Crippen LogP contribution < -0.4 is 0 Å². The zero-order chi connectivity index (χ0) is 40.3. The van der Waals surface area contributed by atoms with Gasteiger partial charge in [-0.05, 0) is 103 Å². The van der Waals surface area contributed by atoms with E-state index >= 15 is 0 Å². The van der Waals surface area contributed by atoms with Gasteiger partial charge in [0.25, 0.3) is 0 Å². The molecule has 0 spiro atoms. The largest absolute Gasteiger partial charge is 0.309 e. The van der Waals surface area contributed by atoms with Crippen LogP contribution in [0.3, 0.4) is 0 Å².